The van der Waals surface area contributed by atoms with Crippen molar-refractivity contribution in [2.24, 2.45) is 9.98 Å². The molecule has 0 spiro atoms. The van der Waals surface area contributed by atoms with E-state index in [0.717, 1.165) is 100 Å². The van der Waals surface area contributed by atoms with Crippen LogP contribution in [0.4, 0.5) is 0 Å². The van der Waals surface area contributed by atoms with Gasteiger partial charge < -0.3 is 9.97 Å². The largest absolute Gasteiger partial charge is 0.357 e. The number of aliphatic imine (C=N–C) groups is 2. The van der Waals surface area contributed by atoms with Crippen molar-refractivity contribution in [3.05, 3.63) is 153 Å². The van der Waals surface area contributed by atoms with E-state index >= 15 is 0 Å². The zero-order valence-corrected chi connectivity index (χ0v) is 33.6. The van der Waals surface area contributed by atoms with Crippen molar-refractivity contribution in [3.8, 4) is 0 Å². The van der Waals surface area contributed by atoms with E-state index in [0.29, 0.717) is 0 Å². The lowest BCUT2D eigenvalue weighted by Crippen LogP contribution is -2.32. The van der Waals surface area contributed by atoms with Gasteiger partial charge in [0.15, 0.2) is 29.2 Å². The highest BCUT2D eigenvalue weighted by atomic mass is 79.9. The van der Waals surface area contributed by atoms with Gasteiger partial charge in [0.05, 0.1) is 21.9 Å². The second-order valence-electron chi connectivity index (χ2n) is 13.9. The lowest BCUT2D eigenvalue weighted by molar-refractivity contribution is -0.697. The van der Waals surface area contributed by atoms with Crippen LogP contribution < -0.4 is 19.8 Å². The van der Waals surface area contributed by atoms with Crippen LogP contribution in [0.1, 0.15) is 71.6 Å². The molecule has 3 aliphatic heterocycles. The summed E-state index contributed by atoms with van der Waals surface area (Å²) in [5, 5.41) is 2.00. The third-order valence-electron chi connectivity index (χ3n) is 10.7. The van der Waals surface area contributed by atoms with Gasteiger partial charge >= 0.3 is 0 Å². The third kappa shape index (κ3) is 6.67. The minimum atomic E-state index is -0.765. The zero-order valence-electron chi connectivity index (χ0n) is 30.4. The molecule has 0 saturated heterocycles. The highest BCUT2D eigenvalue weighted by molar-refractivity contribution is 9.12. The SMILES string of the molecule is C=CC1=C(C)C2=NC1(Br)C(Br)c1[nH]c(c(CCC[n+]3ccccc3)c1C)C=C1N=C(C=c3[nH]c(c(C=C)c3C)=C2)C(C)=C1CCC[n+]1ccccc1. The molecule has 8 heteroatoms. The molecule has 6 nitrogen and oxygen atoms in total. The second kappa shape index (κ2) is 14.9. The Bertz CT molecular complexity index is 2350. The molecule has 4 aromatic rings. The van der Waals surface area contributed by atoms with Gasteiger partial charge in [-0.05, 0) is 97.7 Å². The van der Waals surface area contributed by atoms with Gasteiger partial charge in [-0.3, -0.25) is 4.99 Å². The first kappa shape index (κ1) is 36.0. The number of nitrogens with zero attached hydrogens (tertiary/aromatic N) is 4. The molecule has 264 valence electrons. The summed E-state index contributed by atoms with van der Waals surface area (Å²) in [6, 6.07) is 12.5. The number of pyridine rings is 2. The number of aromatic nitrogens is 4. The minimum Gasteiger partial charge on any atom is -0.357 e. The number of H-pyrrole nitrogens is 2. The van der Waals surface area contributed by atoms with Crippen molar-refractivity contribution in [3.63, 3.8) is 0 Å². The molecule has 0 aliphatic carbocycles. The Hall–Kier alpha value is -4.40. The van der Waals surface area contributed by atoms with Crippen molar-refractivity contribution in [1.82, 2.24) is 9.97 Å². The highest BCUT2D eigenvalue weighted by Gasteiger charge is 2.45. The van der Waals surface area contributed by atoms with Gasteiger partial charge in [-0.15, -0.1) is 0 Å². The fourth-order valence-corrected chi connectivity index (χ4v) is 9.44. The van der Waals surface area contributed by atoms with Crippen molar-refractivity contribution in [2.75, 3.05) is 0 Å². The van der Waals surface area contributed by atoms with Crippen molar-refractivity contribution < 1.29 is 9.13 Å². The average Bonchev–Trinajstić information content (AvgIpc) is 3.80. The lowest BCUT2D eigenvalue weighted by atomic mass is 9.96. The molecule has 4 aromatic heterocycles. The highest BCUT2D eigenvalue weighted by Crippen LogP contribution is 2.52. The number of hydrogen-bond donors (Lipinski definition) is 2. The van der Waals surface area contributed by atoms with Crippen LogP contribution in [-0.2, 0) is 19.5 Å². The average molecular weight is 819 g/mol. The Morgan fingerprint density at radius 2 is 1.40 bits per heavy atom. The number of rotatable bonds is 10. The van der Waals surface area contributed by atoms with E-state index < -0.39 is 4.45 Å². The molecule has 7 rings (SSSR count). The van der Waals surface area contributed by atoms with E-state index in [1.165, 1.54) is 22.3 Å². The van der Waals surface area contributed by atoms with Crippen molar-refractivity contribution in [2.45, 2.75) is 75.7 Å². The normalized spacial score (nSPS) is 19.6. The molecule has 2 unspecified atom stereocenters. The Balaban J connectivity index is 1.41. The minimum absolute atomic E-state index is 0.202. The molecule has 8 bridgehead atoms. The van der Waals surface area contributed by atoms with E-state index in [1.807, 2.05) is 12.2 Å². The summed E-state index contributed by atoms with van der Waals surface area (Å²) < 4.78 is 3.74. The molecule has 52 heavy (non-hydrogen) atoms. The van der Waals surface area contributed by atoms with Gasteiger partial charge in [0.25, 0.3) is 0 Å². The summed E-state index contributed by atoms with van der Waals surface area (Å²) in [6.45, 7) is 19.0. The number of aromatic amines is 2. The topological polar surface area (TPSA) is 64.1 Å². The van der Waals surface area contributed by atoms with Crippen LogP contribution in [0.15, 0.2) is 118 Å². The number of hydrogen-bond acceptors (Lipinski definition) is 2. The smallest absolute Gasteiger partial charge is 0.168 e. The third-order valence-corrected chi connectivity index (χ3v) is 13.5. The fraction of sp³-hybridized carbons (Fsp3) is 0.273. The van der Waals surface area contributed by atoms with Gasteiger partial charge in [0, 0.05) is 64.8 Å². The van der Waals surface area contributed by atoms with E-state index in [2.05, 4.69) is 171 Å². The van der Waals surface area contributed by atoms with E-state index in [9.17, 15) is 0 Å². The van der Waals surface area contributed by atoms with Crippen LogP contribution in [0.5, 0.6) is 0 Å². The van der Waals surface area contributed by atoms with Crippen LogP contribution in [0.2, 0.25) is 0 Å². The number of aryl methyl sites for hydroxylation is 2. The monoisotopic (exact) mass is 816 g/mol. The summed E-state index contributed by atoms with van der Waals surface area (Å²) in [5.74, 6) is 0. The molecule has 0 fully saturated rings. The van der Waals surface area contributed by atoms with Gasteiger partial charge in [0.1, 0.15) is 13.1 Å². The first-order valence-corrected chi connectivity index (χ1v) is 19.8. The number of halogens is 2. The van der Waals surface area contributed by atoms with Gasteiger partial charge in [-0.1, -0.05) is 69.3 Å². The quantitative estimate of drug-likeness (QED) is 0.0923. The number of fused-ring (bicyclic) bond motifs is 6. The van der Waals surface area contributed by atoms with Crippen molar-refractivity contribution >= 4 is 67.6 Å². The van der Waals surface area contributed by atoms with Crippen LogP contribution >= 0.6 is 31.9 Å². The molecule has 3 aliphatic rings. The second-order valence-corrected chi connectivity index (χ2v) is 16.0. The van der Waals surface area contributed by atoms with Gasteiger partial charge in [0.2, 0.25) is 0 Å². The van der Waals surface area contributed by atoms with Gasteiger partial charge in [-0.25, -0.2) is 14.1 Å². The van der Waals surface area contributed by atoms with E-state index in [4.69, 9.17) is 9.98 Å². The maximum absolute atomic E-state index is 5.38. The molecule has 0 radical (unpaired) electrons. The van der Waals surface area contributed by atoms with Gasteiger partial charge in [-0.2, -0.15) is 0 Å². The maximum Gasteiger partial charge on any atom is 0.168 e. The number of nitrogens with one attached hydrogen (secondary N) is 2. The number of alkyl halides is 2. The maximum atomic E-state index is 5.38. The molecule has 2 N–H and O–H groups in total. The summed E-state index contributed by atoms with van der Waals surface area (Å²) in [6.07, 6.45) is 22.9. The van der Waals surface area contributed by atoms with E-state index in [-0.39, 0.29) is 4.83 Å². The molecule has 0 amide bonds. The molecule has 0 aromatic carbocycles. The summed E-state index contributed by atoms with van der Waals surface area (Å²) >= 11 is 8.31. The van der Waals surface area contributed by atoms with Crippen molar-refractivity contribution in [1.29, 1.82) is 0 Å². The van der Waals surface area contributed by atoms with Crippen LogP contribution in [0.3, 0.4) is 0 Å². The lowest BCUT2D eigenvalue weighted by Gasteiger charge is -2.27. The molecule has 2 atom stereocenters. The molecule has 0 saturated carbocycles. The Morgan fingerprint density at radius 1 is 0.769 bits per heavy atom. The Kier molecular flexibility index (Phi) is 10.3. The Labute approximate surface area is 323 Å². The zero-order chi connectivity index (χ0) is 36.6. The molecular weight excluding hydrogens is 772 g/mol. The molecule has 7 heterocycles. The first-order chi connectivity index (χ1) is 25.1. The molecular formula is C44H46Br2N6+2. The number of allylic oxidation sites excluding steroid dienone is 3. The van der Waals surface area contributed by atoms with Crippen LogP contribution in [0.25, 0.3) is 24.3 Å². The standard InChI is InChI=1S/C44H46Br2N6/c1-7-32-28(3)36-25-37-29(4)33(17-15-23-51-19-11-9-12-20-51)40(48-37)27-41-34(18-16-24-52-21-13-10-14-22-52)30(5)42(49-41)43(45)44(46)35(8-2)31(6)38(50-44)26-39(32)47-36/h7-14,19-22,25-27,43,47,49H,1-2,15-18,23-24H2,3-6H3/q+2. The fourth-order valence-electron chi connectivity index (χ4n) is 7.75. The summed E-state index contributed by atoms with van der Waals surface area (Å²) in [4.78, 5) is 18.2. The first-order valence-electron chi connectivity index (χ1n) is 18.0. The van der Waals surface area contributed by atoms with Crippen LogP contribution in [-0.4, -0.2) is 25.8 Å². The van der Waals surface area contributed by atoms with Crippen LogP contribution in [0, 0.1) is 13.8 Å². The summed E-state index contributed by atoms with van der Waals surface area (Å²) in [7, 11) is 0. The predicted octanol–water partition coefficient (Wildman–Crippen LogP) is 8.16. The predicted molar refractivity (Wildman–Crippen MR) is 222 cm³/mol. The summed E-state index contributed by atoms with van der Waals surface area (Å²) in [5.41, 5.74) is 14.5. The Morgan fingerprint density at radius 3 is 2.04 bits per heavy atom. The van der Waals surface area contributed by atoms with E-state index in [1.54, 1.807) is 0 Å².